The highest BCUT2D eigenvalue weighted by Gasteiger charge is 2.14. The molecule has 2 aromatic heterocycles. The van der Waals surface area contributed by atoms with Crippen molar-refractivity contribution >= 4 is 27.5 Å². The number of amides is 1. The van der Waals surface area contributed by atoms with Crippen molar-refractivity contribution in [3.05, 3.63) is 63.0 Å². The second-order valence-electron chi connectivity index (χ2n) is 6.20. The van der Waals surface area contributed by atoms with Crippen LogP contribution in [0.5, 0.6) is 0 Å². The molecular formula is C19H21N3O2S. The second kappa shape index (κ2) is 7.19. The fourth-order valence-corrected chi connectivity index (χ4v) is 3.54. The molecule has 0 aliphatic rings. The summed E-state index contributed by atoms with van der Waals surface area (Å²) in [6.07, 6.45) is 2.34. The van der Waals surface area contributed by atoms with Crippen LogP contribution in [0.25, 0.3) is 10.2 Å². The Morgan fingerprint density at radius 2 is 2.00 bits per heavy atom. The van der Waals surface area contributed by atoms with Crippen LogP contribution in [0.4, 0.5) is 0 Å². The first-order valence-electron chi connectivity index (χ1n) is 8.25. The Labute approximate surface area is 150 Å². The Kier molecular flexibility index (Phi) is 4.99. The van der Waals surface area contributed by atoms with Gasteiger partial charge in [0.2, 0.25) is 5.91 Å². The number of hydrogen-bond acceptors (Lipinski definition) is 4. The van der Waals surface area contributed by atoms with Gasteiger partial charge in [0.1, 0.15) is 11.4 Å². The summed E-state index contributed by atoms with van der Waals surface area (Å²) in [5, 5.41) is 0.596. The number of carbonyl (C=O) groups excluding carboxylic acids is 1. The van der Waals surface area contributed by atoms with Crippen LogP contribution in [0.15, 0.2) is 41.5 Å². The van der Waals surface area contributed by atoms with E-state index in [1.807, 2.05) is 44.2 Å². The second-order valence-corrected chi connectivity index (χ2v) is 7.31. The van der Waals surface area contributed by atoms with Crippen LogP contribution in [0, 0.1) is 6.92 Å². The van der Waals surface area contributed by atoms with Crippen LogP contribution in [0.2, 0.25) is 0 Å². The van der Waals surface area contributed by atoms with Crippen LogP contribution >= 0.6 is 11.3 Å². The van der Waals surface area contributed by atoms with Gasteiger partial charge in [-0.2, -0.15) is 0 Å². The number of carbonyl (C=O) groups is 1. The van der Waals surface area contributed by atoms with Crippen LogP contribution in [0.3, 0.4) is 0 Å². The fourth-order valence-electron chi connectivity index (χ4n) is 2.62. The third-order valence-corrected chi connectivity index (χ3v) is 5.38. The molecule has 25 heavy (non-hydrogen) atoms. The Morgan fingerprint density at radius 1 is 1.28 bits per heavy atom. The zero-order valence-corrected chi connectivity index (χ0v) is 15.5. The van der Waals surface area contributed by atoms with Gasteiger partial charge in [0, 0.05) is 18.5 Å². The molecule has 0 fully saturated rings. The first-order valence-corrected chi connectivity index (χ1v) is 9.07. The molecular weight excluding hydrogens is 334 g/mol. The Hall–Kier alpha value is -2.47. The maximum atomic E-state index is 12.6. The summed E-state index contributed by atoms with van der Waals surface area (Å²) in [5.41, 5.74) is 2.09. The fraction of sp³-hybridized carbons (Fsp3) is 0.316. The summed E-state index contributed by atoms with van der Waals surface area (Å²) >= 11 is 1.53. The number of aryl methyl sites for hydroxylation is 2. The number of benzene rings is 1. The lowest BCUT2D eigenvalue weighted by Gasteiger charge is -2.18. The van der Waals surface area contributed by atoms with E-state index in [9.17, 15) is 9.59 Å². The highest BCUT2D eigenvalue weighted by Crippen LogP contribution is 2.21. The molecule has 2 heterocycles. The molecule has 0 atom stereocenters. The highest BCUT2D eigenvalue weighted by atomic mass is 32.1. The maximum Gasteiger partial charge on any atom is 0.262 e. The number of thiophene rings is 1. The Bertz CT molecular complexity index is 957. The lowest BCUT2D eigenvalue weighted by molar-refractivity contribution is -0.131. The van der Waals surface area contributed by atoms with Crippen molar-refractivity contribution in [1.29, 1.82) is 0 Å². The molecule has 0 saturated carbocycles. The maximum absolute atomic E-state index is 12.6. The molecule has 1 aromatic carbocycles. The summed E-state index contributed by atoms with van der Waals surface area (Å²) < 4.78 is 1.39. The molecule has 130 valence electrons. The van der Waals surface area contributed by atoms with E-state index < -0.39 is 0 Å². The van der Waals surface area contributed by atoms with Crippen molar-refractivity contribution in [1.82, 2.24) is 14.5 Å². The molecule has 0 radical (unpaired) electrons. The van der Waals surface area contributed by atoms with Crippen molar-refractivity contribution < 1.29 is 4.79 Å². The van der Waals surface area contributed by atoms with E-state index in [2.05, 4.69) is 4.98 Å². The monoisotopic (exact) mass is 355 g/mol. The van der Waals surface area contributed by atoms with E-state index in [1.165, 1.54) is 27.8 Å². The van der Waals surface area contributed by atoms with E-state index in [-0.39, 0.29) is 18.0 Å². The third-order valence-electron chi connectivity index (χ3n) is 4.19. The van der Waals surface area contributed by atoms with Gasteiger partial charge in [0.25, 0.3) is 5.56 Å². The molecule has 0 spiro atoms. The average molecular weight is 355 g/mol. The minimum atomic E-state index is -0.155. The molecule has 5 nitrogen and oxygen atoms in total. The number of fused-ring (bicyclic) bond motifs is 1. The van der Waals surface area contributed by atoms with E-state index >= 15 is 0 Å². The number of hydrogen-bond donors (Lipinski definition) is 0. The van der Waals surface area contributed by atoms with E-state index in [4.69, 9.17) is 0 Å². The smallest absolute Gasteiger partial charge is 0.262 e. The van der Waals surface area contributed by atoms with Crippen molar-refractivity contribution in [2.75, 3.05) is 7.05 Å². The zero-order valence-electron chi connectivity index (χ0n) is 14.7. The molecule has 1 amide bonds. The highest BCUT2D eigenvalue weighted by molar-refractivity contribution is 7.18. The molecule has 0 N–H and O–H groups in total. The normalized spacial score (nSPS) is 11.0. The van der Waals surface area contributed by atoms with Crippen LogP contribution < -0.4 is 5.56 Å². The SMILES string of the molecule is CCc1cc2c(=O)n(CC(=O)N(C)Cc3ccc(C)cc3)cnc2s1. The van der Waals surface area contributed by atoms with Gasteiger partial charge in [-0.1, -0.05) is 36.8 Å². The van der Waals surface area contributed by atoms with Gasteiger partial charge in [0.15, 0.2) is 0 Å². The number of likely N-dealkylation sites (N-methyl/N-ethyl adjacent to an activating group) is 1. The Balaban J connectivity index is 1.75. The van der Waals surface area contributed by atoms with Gasteiger partial charge in [-0.15, -0.1) is 11.3 Å². The first kappa shape index (κ1) is 17.4. The van der Waals surface area contributed by atoms with E-state index in [1.54, 1.807) is 11.9 Å². The summed E-state index contributed by atoms with van der Waals surface area (Å²) in [5.74, 6) is -0.116. The van der Waals surface area contributed by atoms with Gasteiger partial charge in [-0.05, 0) is 25.0 Å². The van der Waals surface area contributed by atoms with Crippen LogP contribution in [-0.4, -0.2) is 27.4 Å². The molecule has 0 bridgehead atoms. The molecule has 0 aliphatic heterocycles. The topological polar surface area (TPSA) is 55.2 Å². The lowest BCUT2D eigenvalue weighted by Crippen LogP contribution is -2.33. The Morgan fingerprint density at radius 3 is 2.68 bits per heavy atom. The molecule has 6 heteroatoms. The van der Waals surface area contributed by atoms with Gasteiger partial charge in [-0.3, -0.25) is 14.2 Å². The number of rotatable bonds is 5. The van der Waals surface area contributed by atoms with Gasteiger partial charge < -0.3 is 4.90 Å². The third kappa shape index (κ3) is 3.79. The lowest BCUT2D eigenvalue weighted by atomic mass is 10.1. The van der Waals surface area contributed by atoms with E-state index in [0.29, 0.717) is 11.9 Å². The molecule has 0 saturated heterocycles. The minimum Gasteiger partial charge on any atom is -0.340 e. The summed E-state index contributed by atoms with van der Waals surface area (Å²) in [6.45, 7) is 4.60. The zero-order chi connectivity index (χ0) is 18.0. The summed E-state index contributed by atoms with van der Waals surface area (Å²) in [4.78, 5) is 32.9. The van der Waals surface area contributed by atoms with Crippen LogP contribution in [0.1, 0.15) is 22.9 Å². The number of aromatic nitrogens is 2. The van der Waals surface area contributed by atoms with Gasteiger partial charge >= 0.3 is 0 Å². The quantitative estimate of drug-likeness (QED) is 0.707. The molecule has 3 rings (SSSR count). The average Bonchev–Trinajstić information content (AvgIpc) is 3.03. The first-order chi connectivity index (χ1) is 12.0. The predicted octanol–water partition coefficient (Wildman–Crippen LogP) is 2.99. The predicted molar refractivity (Wildman–Crippen MR) is 101 cm³/mol. The van der Waals surface area contributed by atoms with Crippen molar-refractivity contribution in [2.45, 2.75) is 33.4 Å². The molecule has 0 aliphatic carbocycles. The van der Waals surface area contributed by atoms with E-state index in [0.717, 1.165) is 21.7 Å². The summed E-state index contributed by atoms with van der Waals surface area (Å²) in [6, 6.07) is 9.95. The van der Waals surface area contributed by atoms with Crippen molar-refractivity contribution in [3.8, 4) is 0 Å². The largest absolute Gasteiger partial charge is 0.340 e. The molecule has 3 aromatic rings. The minimum absolute atomic E-state index is 0.00143. The van der Waals surface area contributed by atoms with Gasteiger partial charge in [0.05, 0.1) is 11.7 Å². The number of nitrogens with zero attached hydrogens (tertiary/aromatic N) is 3. The van der Waals surface area contributed by atoms with Crippen molar-refractivity contribution in [3.63, 3.8) is 0 Å². The van der Waals surface area contributed by atoms with Gasteiger partial charge in [-0.25, -0.2) is 4.98 Å². The molecule has 0 unspecified atom stereocenters. The van der Waals surface area contributed by atoms with Crippen molar-refractivity contribution in [2.24, 2.45) is 0 Å². The standard InChI is InChI=1S/C19H21N3O2S/c1-4-15-9-16-18(25-15)20-12-22(19(16)24)11-17(23)21(3)10-14-7-5-13(2)6-8-14/h5-9,12H,4,10-11H2,1-3H3. The van der Waals surface area contributed by atoms with Crippen LogP contribution in [-0.2, 0) is 24.3 Å². The summed E-state index contributed by atoms with van der Waals surface area (Å²) in [7, 11) is 1.75.